The molecule has 0 amide bonds. The molecule has 0 atom stereocenters. The molecule has 0 aliphatic rings. The van der Waals surface area contributed by atoms with Gasteiger partial charge in [-0.1, -0.05) is 0 Å². The maximum atomic E-state index is 10.8. The summed E-state index contributed by atoms with van der Waals surface area (Å²) in [7, 11) is 0. The fourth-order valence-corrected chi connectivity index (χ4v) is 2.00. The van der Waals surface area contributed by atoms with Crippen molar-refractivity contribution in [3.05, 3.63) is 53.3 Å². The van der Waals surface area contributed by atoms with Crippen LogP contribution in [0, 0.1) is 4.84 Å². The van der Waals surface area contributed by atoms with Crippen LogP contribution in [-0.4, -0.2) is 30.8 Å². The molecule has 0 aliphatic carbocycles. The molecule has 0 fully saturated rings. The molecule has 2 heterocycles. The van der Waals surface area contributed by atoms with Gasteiger partial charge in [0, 0.05) is 18.1 Å². The number of carboxylic acids is 1. The third-order valence-corrected chi connectivity index (χ3v) is 3.25. The van der Waals surface area contributed by atoms with Crippen molar-refractivity contribution in [2.75, 3.05) is 5.32 Å². The van der Waals surface area contributed by atoms with Crippen LogP contribution in [-0.2, 0) is 6.67 Å². The summed E-state index contributed by atoms with van der Waals surface area (Å²) in [5.74, 6) is -0.685. The van der Waals surface area contributed by atoms with Gasteiger partial charge in [0.1, 0.15) is 12.4 Å². The van der Waals surface area contributed by atoms with Gasteiger partial charge in [0.2, 0.25) is 0 Å². The minimum Gasteiger partial charge on any atom is -0.478 e. The van der Waals surface area contributed by atoms with E-state index in [0.717, 1.165) is 5.69 Å². The average Bonchev–Trinajstić information content (AvgIpc) is 2.95. The highest BCUT2D eigenvalue weighted by molar-refractivity contribution is 7.71. The van der Waals surface area contributed by atoms with E-state index in [-0.39, 0.29) is 23.0 Å². The van der Waals surface area contributed by atoms with E-state index in [4.69, 9.17) is 21.7 Å². The molecule has 0 saturated carbocycles. The fourth-order valence-electron chi connectivity index (χ4n) is 1.82. The van der Waals surface area contributed by atoms with Crippen LogP contribution >= 0.6 is 12.2 Å². The standard InChI is InChI=1S/C14H11N5O3S/c20-13(21)9-1-3-10(4-2-9)17-8-19-14(23)22-12(18-19)11-7-15-5-6-16-11/h1-7,17H,8H2,(H,20,21). The van der Waals surface area contributed by atoms with Gasteiger partial charge in [-0.05, 0) is 36.5 Å². The van der Waals surface area contributed by atoms with Crippen molar-refractivity contribution in [1.29, 1.82) is 0 Å². The first-order valence-electron chi connectivity index (χ1n) is 6.55. The van der Waals surface area contributed by atoms with Gasteiger partial charge in [0.05, 0.1) is 11.8 Å². The van der Waals surface area contributed by atoms with Crippen molar-refractivity contribution in [2.24, 2.45) is 0 Å². The molecule has 8 nitrogen and oxygen atoms in total. The monoisotopic (exact) mass is 329 g/mol. The first-order valence-corrected chi connectivity index (χ1v) is 6.96. The van der Waals surface area contributed by atoms with Crippen molar-refractivity contribution in [3.8, 4) is 11.6 Å². The second-order valence-corrected chi connectivity index (χ2v) is 4.83. The second-order valence-electron chi connectivity index (χ2n) is 4.48. The van der Waals surface area contributed by atoms with Crippen LogP contribution in [0.15, 0.2) is 47.3 Å². The molecule has 9 heteroatoms. The van der Waals surface area contributed by atoms with Gasteiger partial charge in [0.25, 0.3) is 10.7 Å². The molecular weight excluding hydrogens is 318 g/mol. The number of benzene rings is 1. The number of hydrogen-bond acceptors (Lipinski definition) is 7. The van der Waals surface area contributed by atoms with E-state index >= 15 is 0 Å². The third kappa shape index (κ3) is 3.40. The summed E-state index contributed by atoms with van der Waals surface area (Å²) in [5.41, 5.74) is 1.45. The molecule has 0 radical (unpaired) electrons. The van der Waals surface area contributed by atoms with E-state index in [1.165, 1.54) is 29.2 Å². The number of nitrogens with one attached hydrogen (secondary N) is 1. The van der Waals surface area contributed by atoms with Crippen LogP contribution in [0.3, 0.4) is 0 Å². The van der Waals surface area contributed by atoms with Crippen molar-refractivity contribution in [3.63, 3.8) is 0 Å². The van der Waals surface area contributed by atoms with Gasteiger partial charge >= 0.3 is 5.97 Å². The summed E-state index contributed by atoms with van der Waals surface area (Å²) in [6, 6.07) is 6.35. The Kier molecular flexibility index (Phi) is 4.11. The number of aromatic carboxylic acids is 1. The number of hydrogen-bond donors (Lipinski definition) is 2. The molecule has 0 bridgehead atoms. The molecule has 0 saturated heterocycles. The molecule has 1 aromatic carbocycles. The Morgan fingerprint density at radius 2 is 2.09 bits per heavy atom. The lowest BCUT2D eigenvalue weighted by atomic mass is 10.2. The van der Waals surface area contributed by atoms with Gasteiger partial charge < -0.3 is 14.8 Å². The molecule has 3 rings (SSSR count). The third-order valence-electron chi connectivity index (χ3n) is 2.95. The van der Waals surface area contributed by atoms with E-state index in [0.29, 0.717) is 5.69 Å². The molecule has 3 aromatic rings. The van der Waals surface area contributed by atoms with Gasteiger partial charge in [-0.15, -0.1) is 5.10 Å². The van der Waals surface area contributed by atoms with Crippen LogP contribution in [0.2, 0.25) is 0 Å². The van der Waals surface area contributed by atoms with Gasteiger partial charge in [-0.2, -0.15) is 0 Å². The number of carbonyl (C=O) groups is 1. The number of aromatic nitrogens is 4. The second kappa shape index (κ2) is 6.36. The molecule has 0 unspecified atom stereocenters. The average molecular weight is 329 g/mol. The lowest BCUT2D eigenvalue weighted by molar-refractivity contribution is 0.0697. The molecule has 116 valence electrons. The summed E-state index contributed by atoms with van der Waals surface area (Å²) < 4.78 is 6.85. The number of nitrogens with zero attached hydrogens (tertiary/aromatic N) is 4. The molecular formula is C14H11N5O3S. The highest BCUT2D eigenvalue weighted by Crippen LogP contribution is 2.14. The number of carboxylic acid groups (broad SMARTS) is 1. The van der Waals surface area contributed by atoms with Crippen LogP contribution in [0.5, 0.6) is 0 Å². The van der Waals surface area contributed by atoms with E-state index < -0.39 is 5.97 Å². The normalized spacial score (nSPS) is 10.4. The maximum absolute atomic E-state index is 10.8. The lowest BCUT2D eigenvalue weighted by Crippen LogP contribution is -2.09. The smallest absolute Gasteiger partial charge is 0.335 e. The highest BCUT2D eigenvalue weighted by atomic mass is 32.1. The van der Waals surface area contributed by atoms with Gasteiger partial charge in [0.15, 0.2) is 0 Å². The minimum absolute atomic E-state index is 0.195. The Morgan fingerprint density at radius 3 is 2.74 bits per heavy atom. The molecule has 2 aromatic heterocycles. The van der Waals surface area contributed by atoms with Crippen molar-refractivity contribution < 1.29 is 14.3 Å². The minimum atomic E-state index is -0.969. The molecule has 0 spiro atoms. The van der Waals surface area contributed by atoms with Crippen molar-refractivity contribution in [1.82, 2.24) is 19.7 Å². The summed E-state index contributed by atoms with van der Waals surface area (Å²) in [4.78, 5) is 19.0. The zero-order valence-electron chi connectivity index (χ0n) is 11.7. The van der Waals surface area contributed by atoms with Crippen LogP contribution in [0.4, 0.5) is 5.69 Å². The Hall–Kier alpha value is -3.07. The predicted molar refractivity (Wildman–Crippen MR) is 83.4 cm³/mol. The predicted octanol–water partition coefficient (Wildman–Crippen LogP) is 2.43. The van der Waals surface area contributed by atoms with E-state index in [1.807, 2.05) is 0 Å². The van der Waals surface area contributed by atoms with Crippen LogP contribution in [0.1, 0.15) is 10.4 Å². The summed E-state index contributed by atoms with van der Waals surface area (Å²) in [6.07, 6.45) is 4.62. The summed E-state index contributed by atoms with van der Waals surface area (Å²) >= 11 is 5.11. The first-order chi connectivity index (χ1) is 11.1. The topological polar surface area (TPSA) is 106 Å². The fraction of sp³-hybridized carbons (Fsp3) is 0.0714. The summed E-state index contributed by atoms with van der Waals surface area (Å²) in [6.45, 7) is 0.273. The zero-order valence-corrected chi connectivity index (χ0v) is 12.5. The van der Waals surface area contributed by atoms with E-state index in [9.17, 15) is 4.79 Å². The first kappa shape index (κ1) is 14.9. The SMILES string of the molecule is O=C(O)c1ccc(NCn2nc(-c3cnccn3)oc2=S)cc1. The van der Waals surface area contributed by atoms with Gasteiger partial charge in [-0.25, -0.2) is 14.5 Å². The number of rotatable bonds is 5. The number of anilines is 1. The Labute approximate surface area is 135 Å². The Bertz CT molecular complexity index is 873. The molecule has 23 heavy (non-hydrogen) atoms. The van der Waals surface area contributed by atoms with Gasteiger partial charge in [-0.3, -0.25) is 4.98 Å². The Balaban J connectivity index is 1.72. The molecule has 0 aliphatic heterocycles. The largest absolute Gasteiger partial charge is 0.478 e. The van der Waals surface area contributed by atoms with Crippen LogP contribution in [0.25, 0.3) is 11.6 Å². The van der Waals surface area contributed by atoms with E-state index in [2.05, 4.69) is 20.4 Å². The molecule has 2 N–H and O–H groups in total. The van der Waals surface area contributed by atoms with E-state index in [1.54, 1.807) is 18.3 Å². The Morgan fingerprint density at radius 1 is 1.30 bits per heavy atom. The van der Waals surface area contributed by atoms with Crippen LogP contribution < -0.4 is 5.32 Å². The maximum Gasteiger partial charge on any atom is 0.335 e. The quantitative estimate of drug-likeness (QED) is 0.687. The highest BCUT2D eigenvalue weighted by Gasteiger charge is 2.09. The van der Waals surface area contributed by atoms with Crippen molar-refractivity contribution in [2.45, 2.75) is 6.67 Å². The zero-order chi connectivity index (χ0) is 16.2. The summed E-state index contributed by atoms with van der Waals surface area (Å²) in [5, 5.41) is 16.2. The lowest BCUT2D eigenvalue weighted by Gasteiger charge is -2.05. The van der Waals surface area contributed by atoms with Crippen molar-refractivity contribution >= 4 is 23.9 Å².